The molecule has 0 aliphatic rings. The monoisotopic (exact) mass is 459 g/mol. The second kappa shape index (κ2) is 9.59. The van der Waals surface area contributed by atoms with Gasteiger partial charge in [0.15, 0.2) is 5.96 Å². The molecule has 0 aliphatic carbocycles. The standard InChI is InChI=1S/C17H25N5O2.HI/c1-17(2,3)13-10-19-15(24-13)11-21-16(18-4)20-9-12-7-6-8-14(22-12)23-5;/h6-8,10H,9,11H2,1-5H3,(H2,18,20,21);1H. The molecule has 2 aromatic rings. The van der Waals surface area contributed by atoms with Gasteiger partial charge in [0.05, 0.1) is 32.1 Å². The van der Waals surface area contributed by atoms with Crippen LogP contribution in [0.15, 0.2) is 33.8 Å². The van der Waals surface area contributed by atoms with Gasteiger partial charge in [0.2, 0.25) is 11.8 Å². The van der Waals surface area contributed by atoms with Crippen molar-refractivity contribution in [1.82, 2.24) is 20.6 Å². The maximum absolute atomic E-state index is 5.75. The zero-order valence-electron chi connectivity index (χ0n) is 15.3. The quantitative estimate of drug-likeness (QED) is 0.407. The number of ether oxygens (including phenoxy) is 1. The number of halogens is 1. The van der Waals surface area contributed by atoms with Crippen molar-refractivity contribution >= 4 is 29.9 Å². The Morgan fingerprint density at radius 3 is 2.56 bits per heavy atom. The molecule has 0 amide bonds. The van der Waals surface area contributed by atoms with E-state index in [0.29, 0.717) is 30.8 Å². The van der Waals surface area contributed by atoms with Crippen molar-refractivity contribution in [3.63, 3.8) is 0 Å². The highest BCUT2D eigenvalue weighted by Gasteiger charge is 2.19. The minimum Gasteiger partial charge on any atom is -0.481 e. The Morgan fingerprint density at radius 1 is 1.24 bits per heavy atom. The predicted octanol–water partition coefficient (Wildman–Crippen LogP) is 2.86. The lowest BCUT2D eigenvalue weighted by molar-refractivity contribution is 0.379. The zero-order chi connectivity index (χ0) is 17.6. The van der Waals surface area contributed by atoms with Crippen LogP contribution in [0.1, 0.15) is 38.1 Å². The summed E-state index contributed by atoms with van der Waals surface area (Å²) in [6.07, 6.45) is 1.77. The van der Waals surface area contributed by atoms with E-state index in [4.69, 9.17) is 9.15 Å². The number of rotatable bonds is 5. The van der Waals surface area contributed by atoms with Crippen LogP contribution in [0, 0.1) is 0 Å². The molecule has 0 bridgehead atoms. The summed E-state index contributed by atoms with van der Waals surface area (Å²) in [5, 5.41) is 6.37. The Balaban J connectivity index is 0.00000312. The highest BCUT2D eigenvalue weighted by atomic mass is 127. The highest BCUT2D eigenvalue weighted by molar-refractivity contribution is 14.0. The normalized spacial score (nSPS) is 11.6. The maximum atomic E-state index is 5.75. The number of hydrogen-bond acceptors (Lipinski definition) is 5. The number of nitrogens with zero attached hydrogens (tertiary/aromatic N) is 3. The number of nitrogens with one attached hydrogen (secondary N) is 2. The van der Waals surface area contributed by atoms with E-state index in [-0.39, 0.29) is 29.4 Å². The molecule has 0 aromatic carbocycles. The molecule has 138 valence electrons. The Morgan fingerprint density at radius 2 is 1.96 bits per heavy atom. The van der Waals surface area contributed by atoms with E-state index in [1.54, 1.807) is 20.4 Å². The average molecular weight is 459 g/mol. The lowest BCUT2D eigenvalue weighted by Gasteiger charge is -2.13. The van der Waals surface area contributed by atoms with E-state index in [1.807, 2.05) is 18.2 Å². The summed E-state index contributed by atoms with van der Waals surface area (Å²) < 4.78 is 10.9. The molecule has 2 aromatic heterocycles. The first-order chi connectivity index (χ1) is 11.4. The van der Waals surface area contributed by atoms with Gasteiger partial charge in [-0.1, -0.05) is 26.8 Å². The minimum atomic E-state index is -0.0524. The summed E-state index contributed by atoms with van der Waals surface area (Å²) in [5.74, 6) is 2.73. The van der Waals surface area contributed by atoms with Gasteiger partial charge in [-0.3, -0.25) is 4.99 Å². The first kappa shape index (κ1) is 21.2. The predicted molar refractivity (Wildman–Crippen MR) is 108 cm³/mol. The summed E-state index contributed by atoms with van der Waals surface area (Å²) in [6.45, 7) is 7.27. The molecule has 0 aliphatic heterocycles. The fourth-order valence-corrected chi connectivity index (χ4v) is 1.96. The number of guanidine groups is 1. The second-order valence-electron chi connectivity index (χ2n) is 6.32. The van der Waals surface area contributed by atoms with Crippen molar-refractivity contribution in [2.75, 3.05) is 14.2 Å². The van der Waals surface area contributed by atoms with Gasteiger partial charge in [-0.05, 0) is 6.07 Å². The summed E-state index contributed by atoms with van der Waals surface area (Å²) in [6, 6.07) is 5.64. The number of pyridine rings is 1. The smallest absolute Gasteiger partial charge is 0.213 e. The van der Waals surface area contributed by atoms with Crippen molar-refractivity contribution in [1.29, 1.82) is 0 Å². The zero-order valence-corrected chi connectivity index (χ0v) is 17.6. The molecule has 0 unspecified atom stereocenters. The second-order valence-corrected chi connectivity index (χ2v) is 6.32. The van der Waals surface area contributed by atoms with Crippen LogP contribution in [0.5, 0.6) is 5.88 Å². The summed E-state index contributed by atoms with van der Waals surface area (Å²) in [4.78, 5) is 12.8. The van der Waals surface area contributed by atoms with Gasteiger partial charge in [-0.15, -0.1) is 24.0 Å². The van der Waals surface area contributed by atoms with E-state index < -0.39 is 0 Å². The largest absolute Gasteiger partial charge is 0.481 e. The first-order valence-electron chi connectivity index (χ1n) is 7.82. The number of oxazole rings is 1. The Kier molecular flexibility index (Phi) is 8.14. The summed E-state index contributed by atoms with van der Waals surface area (Å²) >= 11 is 0. The van der Waals surface area contributed by atoms with Crippen LogP contribution in [0.4, 0.5) is 0 Å². The minimum absolute atomic E-state index is 0. The van der Waals surface area contributed by atoms with Gasteiger partial charge in [-0.25, -0.2) is 9.97 Å². The maximum Gasteiger partial charge on any atom is 0.213 e. The molecular weight excluding hydrogens is 433 g/mol. The van der Waals surface area contributed by atoms with Crippen LogP contribution >= 0.6 is 24.0 Å². The van der Waals surface area contributed by atoms with Crippen molar-refractivity contribution in [3.8, 4) is 5.88 Å². The van der Waals surface area contributed by atoms with Gasteiger partial charge in [0.25, 0.3) is 0 Å². The molecule has 0 fully saturated rings. The lowest BCUT2D eigenvalue weighted by atomic mass is 9.94. The van der Waals surface area contributed by atoms with Crippen LogP contribution in [0.3, 0.4) is 0 Å². The Bertz CT molecular complexity index is 694. The number of aromatic nitrogens is 2. The molecule has 0 saturated heterocycles. The summed E-state index contributed by atoms with van der Waals surface area (Å²) in [5.41, 5.74) is 0.812. The fourth-order valence-electron chi connectivity index (χ4n) is 1.96. The van der Waals surface area contributed by atoms with Crippen molar-refractivity contribution in [2.45, 2.75) is 39.3 Å². The number of methoxy groups -OCH3 is 1. The van der Waals surface area contributed by atoms with E-state index in [0.717, 1.165) is 11.5 Å². The lowest BCUT2D eigenvalue weighted by Crippen LogP contribution is -2.36. The Hall–Kier alpha value is -1.84. The molecule has 2 N–H and O–H groups in total. The van der Waals surface area contributed by atoms with Gasteiger partial charge in [0, 0.05) is 18.5 Å². The molecule has 2 heterocycles. The topological polar surface area (TPSA) is 84.6 Å². The molecular formula is C17H26IN5O2. The van der Waals surface area contributed by atoms with Gasteiger partial charge >= 0.3 is 0 Å². The molecule has 25 heavy (non-hydrogen) atoms. The van der Waals surface area contributed by atoms with E-state index >= 15 is 0 Å². The van der Waals surface area contributed by atoms with Gasteiger partial charge < -0.3 is 19.8 Å². The van der Waals surface area contributed by atoms with Crippen molar-refractivity contribution in [2.24, 2.45) is 4.99 Å². The van der Waals surface area contributed by atoms with Crippen LogP contribution in [0.2, 0.25) is 0 Å². The molecule has 0 spiro atoms. The fraction of sp³-hybridized carbons (Fsp3) is 0.471. The highest BCUT2D eigenvalue weighted by Crippen LogP contribution is 2.22. The molecule has 7 nitrogen and oxygen atoms in total. The molecule has 8 heteroatoms. The SMILES string of the molecule is CN=C(NCc1cccc(OC)n1)NCc1ncc(C(C)(C)C)o1.I. The average Bonchev–Trinajstić information content (AvgIpc) is 3.04. The van der Waals surface area contributed by atoms with E-state index in [2.05, 4.69) is 46.4 Å². The van der Waals surface area contributed by atoms with Crippen LogP contribution in [-0.4, -0.2) is 30.1 Å². The first-order valence-corrected chi connectivity index (χ1v) is 7.82. The van der Waals surface area contributed by atoms with Crippen molar-refractivity contribution in [3.05, 3.63) is 41.7 Å². The Labute approximate surface area is 165 Å². The third-order valence-electron chi connectivity index (χ3n) is 3.35. The third-order valence-corrected chi connectivity index (χ3v) is 3.35. The van der Waals surface area contributed by atoms with E-state index in [9.17, 15) is 0 Å². The third kappa shape index (κ3) is 6.52. The molecule has 2 rings (SSSR count). The summed E-state index contributed by atoms with van der Waals surface area (Å²) in [7, 11) is 3.31. The van der Waals surface area contributed by atoms with Gasteiger partial charge in [-0.2, -0.15) is 0 Å². The molecule has 0 atom stereocenters. The van der Waals surface area contributed by atoms with Crippen LogP contribution in [0.25, 0.3) is 0 Å². The van der Waals surface area contributed by atoms with E-state index in [1.165, 1.54) is 0 Å². The van der Waals surface area contributed by atoms with Crippen LogP contribution < -0.4 is 15.4 Å². The van der Waals surface area contributed by atoms with Crippen LogP contribution in [-0.2, 0) is 18.5 Å². The number of aliphatic imine (C=N–C) groups is 1. The van der Waals surface area contributed by atoms with Crippen molar-refractivity contribution < 1.29 is 9.15 Å². The van der Waals surface area contributed by atoms with Gasteiger partial charge in [0.1, 0.15) is 5.76 Å². The molecule has 0 saturated carbocycles. The number of hydrogen-bond donors (Lipinski definition) is 2. The molecule has 0 radical (unpaired) electrons.